The fourth-order valence-electron chi connectivity index (χ4n) is 1.89. The van der Waals surface area contributed by atoms with Crippen molar-refractivity contribution >= 4 is 5.69 Å². The van der Waals surface area contributed by atoms with Gasteiger partial charge in [0.1, 0.15) is 0 Å². The third kappa shape index (κ3) is 3.87. The maximum Gasteiger partial charge on any atom is 0.0555 e. The van der Waals surface area contributed by atoms with Crippen molar-refractivity contribution in [3.63, 3.8) is 0 Å². The van der Waals surface area contributed by atoms with Gasteiger partial charge >= 0.3 is 0 Å². The van der Waals surface area contributed by atoms with Gasteiger partial charge in [-0.05, 0) is 29.8 Å². The SMILES string of the molecule is CN(Cc1ccc(C#CCN)cc1)c1ccccc1. The van der Waals surface area contributed by atoms with Crippen LogP contribution in [-0.4, -0.2) is 13.6 Å². The number of anilines is 1. The zero-order valence-electron chi connectivity index (χ0n) is 11.1. The van der Waals surface area contributed by atoms with E-state index in [1.807, 2.05) is 18.2 Å². The summed E-state index contributed by atoms with van der Waals surface area (Å²) in [5.41, 5.74) is 8.85. The van der Waals surface area contributed by atoms with E-state index >= 15 is 0 Å². The lowest BCUT2D eigenvalue weighted by Gasteiger charge is -2.19. The summed E-state index contributed by atoms with van der Waals surface area (Å²) in [6, 6.07) is 18.7. The predicted molar refractivity (Wildman–Crippen MR) is 80.9 cm³/mol. The van der Waals surface area contributed by atoms with E-state index in [9.17, 15) is 0 Å². The smallest absolute Gasteiger partial charge is 0.0555 e. The van der Waals surface area contributed by atoms with Crippen LogP contribution < -0.4 is 10.6 Å². The Labute approximate surface area is 114 Å². The first-order valence-electron chi connectivity index (χ1n) is 6.33. The van der Waals surface area contributed by atoms with Gasteiger partial charge in [-0.3, -0.25) is 0 Å². The van der Waals surface area contributed by atoms with Gasteiger partial charge in [0, 0.05) is 24.8 Å². The van der Waals surface area contributed by atoms with Crippen molar-refractivity contribution in [3.8, 4) is 11.8 Å². The lowest BCUT2D eigenvalue weighted by Crippen LogP contribution is -2.15. The Morgan fingerprint density at radius 1 is 1.00 bits per heavy atom. The first-order chi connectivity index (χ1) is 9.29. The predicted octanol–water partition coefficient (Wildman–Crippen LogP) is 2.63. The zero-order valence-corrected chi connectivity index (χ0v) is 11.1. The Balaban J connectivity index is 2.03. The van der Waals surface area contributed by atoms with Gasteiger partial charge in [0.05, 0.1) is 6.54 Å². The van der Waals surface area contributed by atoms with E-state index in [0.717, 1.165) is 12.1 Å². The second kappa shape index (κ2) is 6.63. The Hall–Kier alpha value is -2.24. The minimum Gasteiger partial charge on any atom is -0.370 e. The minimum atomic E-state index is 0.401. The Morgan fingerprint density at radius 3 is 2.32 bits per heavy atom. The molecule has 2 heteroatoms. The summed E-state index contributed by atoms with van der Waals surface area (Å²) in [4.78, 5) is 2.22. The Morgan fingerprint density at radius 2 is 1.68 bits per heavy atom. The molecule has 0 unspecified atom stereocenters. The number of benzene rings is 2. The first kappa shape index (κ1) is 13.2. The number of nitrogens with two attached hydrogens (primary N) is 1. The van der Waals surface area contributed by atoms with Crippen molar-refractivity contribution < 1.29 is 0 Å². The van der Waals surface area contributed by atoms with E-state index in [2.05, 4.69) is 60.2 Å². The van der Waals surface area contributed by atoms with Crippen molar-refractivity contribution in [2.75, 3.05) is 18.5 Å². The molecule has 2 N–H and O–H groups in total. The standard InChI is InChI=1S/C17H18N2/c1-19(17-7-3-2-4-8-17)14-16-11-9-15(10-12-16)6-5-13-18/h2-4,7-12H,13-14,18H2,1H3. The van der Waals surface area contributed by atoms with Crippen molar-refractivity contribution in [2.24, 2.45) is 5.73 Å². The molecule has 0 aliphatic rings. The molecule has 0 amide bonds. The number of nitrogens with zero attached hydrogens (tertiary/aromatic N) is 1. The van der Waals surface area contributed by atoms with Crippen LogP contribution in [0.25, 0.3) is 0 Å². The lowest BCUT2D eigenvalue weighted by molar-refractivity contribution is 0.923. The van der Waals surface area contributed by atoms with Gasteiger partial charge in [0.2, 0.25) is 0 Å². The average Bonchev–Trinajstić information content (AvgIpc) is 2.47. The van der Waals surface area contributed by atoms with Crippen LogP contribution in [-0.2, 0) is 6.54 Å². The topological polar surface area (TPSA) is 29.3 Å². The molecular formula is C17H18N2. The van der Waals surface area contributed by atoms with Crippen molar-refractivity contribution in [1.29, 1.82) is 0 Å². The van der Waals surface area contributed by atoms with Crippen LogP contribution in [0.4, 0.5) is 5.69 Å². The lowest BCUT2D eigenvalue weighted by atomic mass is 10.1. The van der Waals surface area contributed by atoms with Gasteiger partial charge < -0.3 is 10.6 Å². The highest BCUT2D eigenvalue weighted by Crippen LogP contribution is 2.14. The van der Waals surface area contributed by atoms with E-state index in [1.54, 1.807) is 0 Å². The van der Waals surface area contributed by atoms with Crippen LogP contribution in [0.2, 0.25) is 0 Å². The molecule has 0 atom stereocenters. The Kier molecular flexibility index (Phi) is 4.60. The molecule has 0 spiro atoms. The van der Waals surface area contributed by atoms with E-state index in [0.29, 0.717) is 6.54 Å². The molecule has 2 aromatic carbocycles. The fraction of sp³-hybridized carbons (Fsp3) is 0.176. The molecule has 0 fully saturated rings. The van der Waals surface area contributed by atoms with E-state index < -0.39 is 0 Å². The van der Waals surface area contributed by atoms with Crippen LogP contribution in [0, 0.1) is 11.8 Å². The van der Waals surface area contributed by atoms with Crippen molar-refractivity contribution in [2.45, 2.75) is 6.54 Å². The highest BCUT2D eigenvalue weighted by atomic mass is 15.1. The minimum absolute atomic E-state index is 0.401. The molecule has 2 rings (SSSR count). The molecule has 0 bridgehead atoms. The quantitative estimate of drug-likeness (QED) is 0.849. The molecule has 0 heterocycles. The van der Waals surface area contributed by atoms with Crippen LogP contribution >= 0.6 is 0 Å². The average molecular weight is 250 g/mol. The molecule has 2 aromatic rings. The van der Waals surface area contributed by atoms with E-state index in [-0.39, 0.29) is 0 Å². The summed E-state index contributed by atoms with van der Waals surface area (Å²) in [6.07, 6.45) is 0. The number of para-hydroxylation sites is 1. The highest BCUT2D eigenvalue weighted by Gasteiger charge is 2.01. The summed E-state index contributed by atoms with van der Waals surface area (Å²) in [7, 11) is 2.09. The summed E-state index contributed by atoms with van der Waals surface area (Å²) in [5, 5.41) is 0. The van der Waals surface area contributed by atoms with Crippen LogP contribution in [0.1, 0.15) is 11.1 Å². The monoisotopic (exact) mass is 250 g/mol. The molecule has 96 valence electrons. The van der Waals surface area contributed by atoms with Gasteiger partial charge in [-0.1, -0.05) is 42.2 Å². The summed E-state index contributed by atoms with van der Waals surface area (Å²) in [6.45, 7) is 1.28. The summed E-state index contributed by atoms with van der Waals surface area (Å²) < 4.78 is 0. The maximum absolute atomic E-state index is 5.36. The van der Waals surface area contributed by atoms with Crippen LogP contribution in [0.15, 0.2) is 54.6 Å². The van der Waals surface area contributed by atoms with Crippen molar-refractivity contribution in [3.05, 3.63) is 65.7 Å². The molecule has 0 saturated carbocycles. The maximum atomic E-state index is 5.36. The molecule has 0 radical (unpaired) electrons. The third-order valence-electron chi connectivity index (χ3n) is 2.91. The largest absolute Gasteiger partial charge is 0.370 e. The second-order valence-corrected chi connectivity index (χ2v) is 4.39. The fourth-order valence-corrected chi connectivity index (χ4v) is 1.89. The third-order valence-corrected chi connectivity index (χ3v) is 2.91. The molecule has 0 aliphatic carbocycles. The van der Waals surface area contributed by atoms with E-state index in [4.69, 9.17) is 5.73 Å². The van der Waals surface area contributed by atoms with Crippen LogP contribution in [0.3, 0.4) is 0 Å². The van der Waals surface area contributed by atoms with Gasteiger partial charge in [0.15, 0.2) is 0 Å². The molecule has 0 aliphatic heterocycles. The molecule has 0 aromatic heterocycles. The molecule has 0 saturated heterocycles. The van der Waals surface area contributed by atoms with E-state index in [1.165, 1.54) is 11.3 Å². The van der Waals surface area contributed by atoms with Gasteiger partial charge in [-0.2, -0.15) is 0 Å². The molecule has 19 heavy (non-hydrogen) atoms. The highest BCUT2D eigenvalue weighted by molar-refractivity contribution is 5.46. The normalized spacial score (nSPS) is 9.58. The van der Waals surface area contributed by atoms with Gasteiger partial charge in [-0.15, -0.1) is 0 Å². The number of rotatable bonds is 3. The molecule has 2 nitrogen and oxygen atoms in total. The van der Waals surface area contributed by atoms with Crippen molar-refractivity contribution in [1.82, 2.24) is 0 Å². The van der Waals surface area contributed by atoms with Crippen LogP contribution in [0.5, 0.6) is 0 Å². The van der Waals surface area contributed by atoms with Gasteiger partial charge in [0.25, 0.3) is 0 Å². The number of hydrogen-bond donors (Lipinski definition) is 1. The second-order valence-electron chi connectivity index (χ2n) is 4.39. The zero-order chi connectivity index (χ0) is 13.5. The first-order valence-corrected chi connectivity index (χ1v) is 6.33. The summed E-state index contributed by atoms with van der Waals surface area (Å²) >= 11 is 0. The van der Waals surface area contributed by atoms with Gasteiger partial charge in [-0.25, -0.2) is 0 Å². The summed E-state index contributed by atoms with van der Waals surface area (Å²) in [5.74, 6) is 5.89. The number of hydrogen-bond acceptors (Lipinski definition) is 2. The molecular weight excluding hydrogens is 232 g/mol. The Bertz CT molecular complexity index is 562.